The minimum absolute atomic E-state index is 0.0338. The lowest BCUT2D eigenvalue weighted by atomic mass is 9.82. The van der Waals surface area contributed by atoms with Gasteiger partial charge in [-0.2, -0.15) is 0 Å². The first-order valence-corrected chi connectivity index (χ1v) is 9.27. The lowest BCUT2D eigenvalue weighted by Gasteiger charge is -2.35. The summed E-state index contributed by atoms with van der Waals surface area (Å²) >= 11 is 0. The highest BCUT2D eigenvalue weighted by Crippen LogP contribution is 2.29. The fraction of sp³-hybridized carbons (Fsp3) is 0.562. The highest BCUT2D eigenvalue weighted by molar-refractivity contribution is 7.91. The number of benzene rings is 1. The SMILES string of the molecule is CCN(C(=O)C(C)(C)c1ccc(F)cc1)C1CCS(=O)(=O)C1. The molecule has 22 heavy (non-hydrogen) atoms. The van der Waals surface area contributed by atoms with E-state index < -0.39 is 15.3 Å². The van der Waals surface area contributed by atoms with E-state index in [0.29, 0.717) is 13.0 Å². The molecule has 1 aromatic rings. The first kappa shape index (κ1) is 16.9. The summed E-state index contributed by atoms with van der Waals surface area (Å²) in [5, 5.41) is 0. The Balaban J connectivity index is 2.25. The zero-order valence-corrected chi connectivity index (χ0v) is 14.0. The van der Waals surface area contributed by atoms with Gasteiger partial charge in [0.1, 0.15) is 5.82 Å². The van der Waals surface area contributed by atoms with Gasteiger partial charge in [-0.3, -0.25) is 4.79 Å². The fourth-order valence-electron chi connectivity index (χ4n) is 2.94. The third kappa shape index (κ3) is 3.32. The number of nitrogens with zero attached hydrogens (tertiary/aromatic N) is 1. The molecule has 0 N–H and O–H groups in total. The summed E-state index contributed by atoms with van der Waals surface area (Å²) in [6.07, 6.45) is 0.488. The van der Waals surface area contributed by atoms with Gasteiger partial charge in [0.15, 0.2) is 9.84 Å². The van der Waals surface area contributed by atoms with Crippen LogP contribution in [-0.2, 0) is 20.0 Å². The van der Waals surface area contributed by atoms with Crippen molar-refractivity contribution < 1.29 is 17.6 Å². The molecule has 0 aliphatic carbocycles. The lowest BCUT2D eigenvalue weighted by molar-refractivity contribution is -0.138. The van der Waals surface area contributed by atoms with Gasteiger partial charge in [-0.25, -0.2) is 12.8 Å². The van der Waals surface area contributed by atoms with Crippen LogP contribution in [0.2, 0.25) is 0 Å². The first-order valence-electron chi connectivity index (χ1n) is 7.45. The summed E-state index contributed by atoms with van der Waals surface area (Å²) in [6.45, 7) is 5.89. The number of amides is 1. The molecule has 122 valence electrons. The molecule has 1 fully saturated rings. The molecule has 1 aliphatic rings. The lowest BCUT2D eigenvalue weighted by Crippen LogP contribution is -2.49. The van der Waals surface area contributed by atoms with Gasteiger partial charge in [0, 0.05) is 12.6 Å². The Morgan fingerprint density at radius 1 is 1.32 bits per heavy atom. The molecule has 1 atom stereocenters. The minimum atomic E-state index is -3.04. The van der Waals surface area contributed by atoms with Crippen LogP contribution in [0.5, 0.6) is 0 Å². The van der Waals surface area contributed by atoms with Gasteiger partial charge in [0.25, 0.3) is 0 Å². The van der Waals surface area contributed by atoms with Gasteiger partial charge in [-0.05, 0) is 44.9 Å². The molecule has 1 unspecified atom stereocenters. The molecule has 0 radical (unpaired) electrons. The zero-order valence-electron chi connectivity index (χ0n) is 13.2. The van der Waals surface area contributed by atoms with Gasteiger partial charge in [0.2, 0.25) is 5.91 Å². The Morgan fingerprint density at radius 2 is 1.91 bits per heavy atom. The minimum Gasteiger partial charge on any atom is -0.338 e. The van der Waals surface area contributed by atoms with E-state index in [0.717, 1.165) is 5.56 Å². The molecule has 6 heteroatoms. The van der Waals surface area contributed by atoms with E-state index in [9.17, 15) is 17.6 Å². The monoisotopic (exact) mass is 327 g/mol. The van der Waals surface area contributed by atoms with Crippen molar-refractivity contribution in [2.24, 2.45) is 0 Å². The summed E-state index contributed by atoms with van der Waals surface area (Å²) in [6, 6.07) is 5.61. The van der Waals surface area contributed by atoms with Gasteiger partial charge in [-0.1, -0.05) is 12.1 Å². The van der Waals surface area contributed by atoms with E-state index in [2.05, 4.69) is 0 Å². The van der Waals surface area contributed by atoms with Crippen LogP contribution in [0, 0.1) is 5.82 Å². The second-order valence-corrected chi connectivity index (χ2v) is 8.51. The highest BCUT2D eigenvalue weighted by atomic mass is 32.2. The maximum absolute atomic E-state index is 13.1. The fourth-order valence-corrected chi connectivity index (χ4v) is 4.67. The second-order valence-electron chi connectivity index (χ2n) is 6.28. The Morgan fingerprint density at radius 3 is 2.36 bits per heavy atom. The first-order chi connectivity index (χ1) is 10.2. The van der Waals surface area contributed by atoms with Gasteiger partial charge in [-0.15, -0.1) is 0 Å². The van der Waals surface area contributed by atoms with Crippen LogP contribution in [0.15, 0.2) is 24.3 Å². The van der Waals surface area contributed by atoms with E-state index >= 15 is 0 Å². The van der Waals surface area contributed by atoms with Crippen LogP contribution < -0.4 is 0 Å². The summed E-state index contributed by atoms with van der Waals surface area (Å²) in [5.74, 6) is -0.297. The van der Waals surface area contributed by atoms with Gasteiger partial charge in [0.05, 0.1) is 16.9 Å². The topological polar surface area (TPSA) is 54.5 Å². The molecule has 0 saturated carbocycles. The number of carbonyl (C=O) groups excluding carboxylic acids is 1. The standard InChI is InChI=1S/C16H22FNO3S/c1-4-18(14-9-10-22(20,21)11-14)15(19)16(2,3)12-5-7-13(17)8-6-12/h5-8,14H,4,9-11H2,1-3H3. The van der Waals surface area contributed by atoms with Crippen LogP contribution in [0.1, 0.15) is 32.8 Å². The largest absolute Gasteiger partial charge is 0.338 e. The highest BCUT2D eigenvalue weighted by Gasteiger charge is 2.40. The van der Waals surface area contributed by atoms with Crippen molar-refractivity contribution in [1.29, 1.82) is 0 Å². The molecular formula is C16H22FNO3S. The Hall–Kier alpha value is -1.43. The van der Waals surface area contributed by atoms with Crippen molar-refractivity contribution in [3.05, 3.63) is 35.6 Å². The maximum Gasteiger partial charge on any atom is 0.232 e. The summed E-state index contributed by atoms with van der Waals surface area (Å²) in [7, 11) is -3.04. The maximum atomic E-state index is 13.1. The van der Waals surface area contributed by atoms with E-state index in [1.54, 1.807) is 30.9 Å². The molecule has 0 aromatic heterocycles. The molecule has 1 saturated heterocycles. The average molecular weight is 327 g/mol. The van der Waals surface area contributed by atoms with Crippen molar-refractivity contribution in [2.75, 3.05) is 18.1 Å². The number of sulfone groups is 1. The molecule has 1 heterocycles. The number of carbonyl (C=O) groups is 1. The second kappa shape index (κ2) is 5.99. The zero-order chi connectivity index (χ0) is 16.5. The Kier molecular flexibility index (Phi) is 4.61. The molecule has 2 rings (SSSR count). The average Bonchev–Trinajstić information content (AvgIpc) is 2.80. The number of rotatable bonds is 4. The van der Waals surface area contributed by atoms with Crippen LogP contribution in [0.4, 0.5) is 4.39 Å². The van der Waals surface area contributed by atoms with E-state index in [1.165, 1.54) is 12.1 Å². The normalized spacial score (nSPS) is 20.8. The van der Waals surface area contributed by atoms with Crippen molar-refractivity contribution in [3.8, 4) is 0 Å². The molecule has 1 aromatic carbocycles. The quantitative estimate of drug-likeness (QED) is 0.851. The van der Waals surface area contributed by atoms with Crippen molar-refractivity contribution in [3.63, 3.8) is 0 Å². The smallest absolute Gasteiger partial charge is 0.232 e. The Labute approximate surface area is 131 Å². The molecule has 0 spiro atoms. The van der Waals surface area contributed by atoms with Crippen LogP contribution in [-0.4, -0.2) is 43.3 Å². The molecule has 1 aliphatic heterocycles. The van der Waals surface area contributed by atoms with E-state index in [-0.39, 0.29) is 29.3 Å². The van der Waals surface area contributed by atoms with Crippen LogP contribution >= 0.6 is 0 Å². The predicted molar refractivity (Wildman–Crippen MR) is 83.9 cm³/mol. The number of hydrogen-bond acceptors (Lipinski definition) is 3. The number of hydrogen-bond donors (Lipinski definition) is 0. The van der Waals surface area contributed by atoms with Crippen LogP contribution in [0.3, 0.4) is 0 Å². The van der Waals surface area contributed by atoms with E-state index in [1.807, 2.05) is 6.92 Å². The summed E-state index contributed by atoms with van der Waals surface area (Å²) in [5.41, 5.74) is -0.103. The molecule has 4 nitrogen and oxygen atoms in total. The van der Waals surface area contributed by atoms with Gasteiger partial charge >= 0.3 is 0 Å². The van der Waals surface area contributed by atoms with Crippen molar-refractivity contribution in [2.45, 2.75) is 38.6 Å². The molecule has 0 bridgehead atoms. The third-order valence-corrected chi connectivity index (χ3v) is 6.10. The third-order valence-electron chi connectivity index (χ3n) is 4.35. The van der Waals surface area contributed by atoms with Crippen LogP contribution in [0.25, 0.3) is 0 Å². The van der Waals surface area contributed by atoms with Crippen molar-refractivity contribution >= 4 is 15.7 Å². The van der Waals surface area contributed by atoms with Gasteiger partial charge < -0.3 is 4.90 Å². The molecular weight excluding hydrogens is 305 g/mol. The molecule has 1 amide bonds. The summed E-state index contributed by atoms with van der Waals surface area (Å²) < 4.78 is 36.4. The summed E-state index contributed by atoms with van der Waals surface area (Å²) in [4.78, 5) is 14.6. The van der Waals surface area contributed by atoms with E-state index in [4.69, 9.17) is 0 Å². The number of likely N-dealkylation sites (N-methyl/N-ethyl adjacent to an activating group) is 1. The number of halogens is 1. The predicted octanol–water partition coefficient (Wildman–Crippen LogP) is 2.14. The van der Waals surface area contributed by atoms with Crippen molar-refractivity contribution in [1.82, 2.24) is 4.90 Å². The Bertz CT molecular complexity index is 652.